The van der Waals surface area contributed by atoms with E-state index in [4.69, 9.17) is 5.73 Å². The van der Waals surface area contributed by atoms with Crippen LogP contribution in [0.5, 0.6) is 0 Å². The van der Waals surface area contributed by atoms with Crippen LogP contribution < -0.4 is 5.73 Å². The summed E-state index contributed by atoms with van der Waals surface area (Å²) < 4.78 is 0. The van der Waals surface area contributed by atoms with Crippen molar-refractivity contribution in [2.75, 3.05) is 5.73 Å². The molecule has 0 amide bonds. The summed E-state index contributed by atoms with van der Waals surface area (Å²) in [5.41, 5.74) is 8.02. The van der Waals surface area contributed by atoms with Gasteiger partial charge in [-0.25, -0.2) is 4.98 Å². The normalized spacial score (nSPS) is 15.6. The van der Waals surface area contributed by atoms with Crippen LogP contribution in [0.3, 0.4) is 0 Å². The molecule has 0 saturated heterocycles. The molecule has 1 aliphatic carbocycles. The fourth-order valence-electron chi connectivity index (χ4n) is 1.98. The molecule has 0 aliphatic heterocycles. The number of aryl methyl sites for hydroxylation is 2. The van der Waals surface area contributed by atoms with E-state index in [-0.39, 0.29) is 0 Å². The van der Waals surface area contributed by atoms with Crippen molar-refractivity contribution in [1.29, 1.82) is 0 Å². The molecule has 3 heteroatoms. The standard InChI is InChI=1S/C11H16N2O/c1-11(2,14)8-6-7-4-3-5-9(7)13-10(8)12/h6,14H,3-5H2,1-2H3,(H2,12,13). The molecule has 14 heavy (non-hydrogen) atoms. The van der Waals surface area contributed by atoms with Gasteiger partial charge in [-0.3, -0.25) is 0 Å². The Labute approximate surface area is 84.0 Å². The topological polar surface area (TPSA) is 59.1 Å². The average Bonchev–Trinajstić information content (AvgIpc) is 2.47. The minimum atomic E-state index is -0.894. The van der Waals surface area contributed by atoms with Crippen molar-refractivity contribution in [3.8, 4) is 0 Å². The van der Waals surface area contributed by atoms with E-state index < -0.39 is 5.60 Å². The Kier molecular flexibility index (Phi) is 2.00. The monoisotopic (exact) mass is 192 g/mol. The summed E-state index contributed by atoms with van der Waals surface area (Å²) in [4.78, 5) is 4.34. The lowest BCUT2D eigenvalue weighted by Crippen LogP contribution is -2.19. The molecule has 0 aromatic carbocycles. The van der Waals surface area contributed by atoms with Crippen LogP contribution in [0.15, 0.2) is 6.07 Å². The zero-order chi connectivity index (χ0) is 10.3. The SMILES string of the molecule is CC(C)(O)c1cc2c(nc1N)CCC2. The molecule has 76 valence electrons. The third-order valence-corrected chi connectivity index (χ3v) is 2.74. The zero-order valence-corrected chi connectivity index (χ0v) is 8.67. The van der Waals surface area contributed by atoms with Gasteiger partial charge in [0.25, 0.3) is 0 Å². The van der Waals surface area contributed by atoms with Crippen LogP contribution in [0.25, 0.3) is 0 Å². The highest BCUT2D eigenvalue weighted by Gasteiger charge is 2.23. The predicted molar refractivity (Wildman–Crippen MR) is 55.9 cm³/mol. The van der Waals surface area contributed by atoms with Gasteiger partial charge in [0.05, 0.1) is 5.60 Å². The van der Waals surface area contributed by atoms with Gasteiger partial charge in [0.1, 0.15) is 5.82 Å². The van der Waals surface area contributed by atoms with Crippen molar-refractivity contribution < 1.29 is 5.11 Å². The minimum Gasteiger partial charge on any atom is -0.386 e. The van der Waals surface area contributed by atoms with Gasteiger partial charge in [0, 0.05) is 11.3 Å². The van der Waals surface area contributed by atoms with E-state index in [1.54, 1.807) is 13.8 Å². The molecular weight excluding hydrogens is 176 g/mol. The predicted octanol–water partition coefficient (Wildman–Crippen LogP) is 1.38. The number of nitrogen functional groups attached to an aromatic ring is 1. The Balaban J connectivity index is 2.53. The second-order valence-electron chi connectivity index (χ2n) is 4.44. The molecule has 1 heterocycles. The van der Waals surface area contributed by atoms with Gasteiger partial charge >= 0.3 is 0 Å². The number of pyridine rings is 1. The molecule has 0 radical (unpaired) electrons. The Morgan fingerprint density at radius 1 is 1.43 bits per heavy atom. The number of rotatable bonds is 1. The maximum absolute atomic E-state index is 9.88. The highest BCUT2D eigenvalue weighted by atomic mass is 16.3. The second-order valence-corrected chi connectivity index (χ2v) is 4.44. The molecule has 0 saturated carbocycles. The lowest BCUT2D eigenvalue weighted by atomic mass is 9.97. The van der Waals surface area contributed by atoms with E-state index in [0.717, 1.165) is 30.5 Å². The molecule has 3 nitrogen and oxygen atoms in total. The second kappa shape index (κ2) is 2.95. The van der Waals surface area contributed by atoms with Crippen LogP contribution in [0, 0.1) is 0 Å². The highest BCUT2D eigenvalue weighted by molar-refractivity contribution is 5.47. The third-order valence-electron chi connectivity index (χ3n) is 2.74. The molecule has 0 bridgehead atoms. The largest absolute Gasteiger partial charge is 0.386 e. The number of fused-ring (bicyclic) bond motifs is 1. The van der Waals surface area contributed by atoms with Crippen molar-refractivity contribution in [1.82, 2.24) is 4.98 Å². The first kappa shape index (κ1) is 9.46. The zero-order valence-electron chi connectivity index (χ0n) is 8.67. The number of nitrogens with zero attached hydrogens (tertiary/aromatic N) is 1. The first-order valence-electron chi connectivity index (χ1n) is 4.99. The maximum Gasteiger partial charge on any atom is 0.129 e. The molecular formula is C11H16N2O. The van der Waals surface area contributed by atoms with Gasteiger partial charge in [-0.1, -0.05) is 0 Å². The van der Waals surface area contributed by atoms with Gasteiger partial charge in [-0.2, -0.15) is 0 Å². The lowest BCUT2D eigenvalue weighted by Gasteiger charge is -2.20. The molecule has 3 N–H and O–H groups in total. The number of anilines is 1. The number of nitrogens with two attached hydrogens (primary N) is 1. The van der Waals surface area contributed by atoms with Crippen LogP contribution in [0.4, 0.5) is 5.82 Å². The average molecular weight is 192 g/mol. The Hall–Kier alpha value is -1.09. The minimum absolute atomic E-state index is 0.471. The van der Waals surface area contributed by atoms with Gasteiger partial charge in [-0.15, -0.1) is 0 Å². The number of hydrogen-bond acceptors (Lipinski definition) is 3. The third kappa shape index (κ3) is 1.48. The summed E-state index contributed by atoms with van der Waals surface area (Å²) in [6.45, 7) is 3.48. The van der Waals surface area contributed by atoms with E-state index in [2.05, 4.69) is 4.98 Å². The van der Waals surface area contributed by atoms with E-state index in [1.165, 1.54) is 5.56 Å². The smallest absolute Gasteiger partial charge is 0.129 e. The van der Waals surface area contributed by atoms with Crippen molar-refractivity contribution in [2.45, 2.75) is 38.7 Å². The van der Waals surface area contributed by atoms with E-state index >= 15 is 0 Å². The van der Waals surface area contributed by atoms with Gasteiger partial charge in [0.15, 0.2) is 0 Å². The molecule has 1 aromatic heterocycles. The summed E-state index contributed by atoms with van der Waals surface area (Å²) >= 11 is 0. The van der Waals surface area contributed by atoms with Gasteiger partial charge in [-0.05, 0) is 44.7 Å². The van der Waals surface area contributed by atoms with Gasteiger partial charge in [0.2, 0.25) is 0 Å². The lowest BCUT2D eigenvalue weighted by molar-refractivity contribution is 0.0790. The Bertz CT molecular complexity index is 366. The van der Waals surface area contributed by atoms with E-state index in [1.807, 2.05) is 6.07 Å². The summed E-state index contributed by atoms with van der Waals surface area (Å²) in [7, 11) is 0. The highest BCUT2D eigenvalue weighted by Crippen LogP contribution is 2.30. The maximum atomic E-state index is 9.88. The van der Waals surface area contributed by atoms with Crippen LogP contribution in [0.1, 0.15) is 37.1 Å². The summed E-state index contributed by atoms with van der Waals surface area (Å²) in [5, 5.41) is 9.88. The van der Waals surface area contributed by atoms with Crippen LogP contribution >= 0.6 is 0 Å². The van der Waals surface area contributed by atoms with Crippen molar-refractivity contribution in [3.05, 3.63) is 22.9 Å². The summed E-state index contributed by atoms with van der Waals surface area (Å²) in [6, 6.07) is 2.00. The fourth-order valence-corrected chi connectivity index (χ4v) is 1.98. The van der Waals surface area contributed by atoms with E-state index in [9.17, 15) is 5.11 Å². The van der Waals surface area contributed by atoms with Crippen molar-refractivity contribution in [3.63, 3.8) is 0 Å². The first-order chi connectivity index (χ1) is 6.48. The molecule has 2 rings (SSSR count). The van der Waals surface area contributed by atoms with Crippen LogP contribution in [-0.4, -0.2) is 10.1 Å². The molecule has 1 aliphatic rings. The first-order valence-corrected chi connectivity index (χ1v) is 4.99. The van der Waals surface area contributed by atoms with Crippen molar-refractivity contribution in [2.24, 2.45) is 0 Å². The number of aromatic nitrogens is 1. The number of aliphatic hydroxyl groups is 1. The van der Waals surface area contributed by atoms with E-state index in [0.29, 0.717) is 5.82 Å². The van der Waals surface area contributed by atoms with Crippen molar-refractivity contribution >= 4 is 5.82 Å². The quantitative estimate of drug-likeness (QED) is 0.706. The Morgan fingerprint density at radius 3 is 2.79 bits per heavy atom. The Morgan fingerprint density at radius 2 is 2.14 bits per heavy atom. The molecule has 0 unspecified atom stereocenters. The molecule has 0 atom stereocenters. The van der Waals surface area contributed by atoms with Crippen LogP contribution in [-0.2, 0) is 18.4 Å². The molecule has 1 aromatic rings. The van der Waals surface area contributed by atoms with Crippen LogP contribution in [0.2, 0.25) is 0 Å². The fraction of sp³-hybridized carbons (Fsp3) is 0.545. The molecule has 0 spiro atoms. The summed E-state index contributed by atoms with van der Waals surface area (Å²) in [5.74, 6) is 0.471. The van der Waals surface area contributed by atoms with Gasteiger partial charge < -0.3 is 10.8 Å². The number of hydrogen-bond donors (Lipinski definition) is 2. The summed E-state index contributed by atoms with van der Waals surface area (Å²) in [6.07, 6.45) is 3.23. The molecule has 0 fully saturated rings.